The zero-order valence-electron chi connectivity index (χ0n) is 10.6. The Labute approximate surface area is 121 Å². The van der Waals surface area contributed by atoms with Crippen molar-refractivity contribution in [3.05, 3.63) is 39.7 Å². The van der Waals surface area contributed by atoms with E-state index in [0.29, 0.717) is 12.5 Å². The number of nitro groups is 1. The molecule has 0 radical (unpaired) electrons. The van der Waals surface area contributed by atoms with Gasteiger partial charge in [-0.2, -0.15) is 0 Å². The zero-order valence-corrected chi connectivity index (χ0v) is 11.4. The number of carbonyl (C=O) groups is 1. The molecule has 1 heterocycles. The molecule has 20 heavy (non-hydrogen) atoms. The Bertz CT molecular complexity index is 507. The average Bonchev–Trinajstić information content (AvgIpc) is 2.88. The first-order valence-corrected chi connectivity index (χ1v) is 6.01. The number of hydrogen-bond acceptors (Lipinski definition) is 4. The lowest BCUT2D eigenvalue weighted by atomic mass is 10.1. The van der Waals surface area contributed by atoms with Gasteiger partial charge in [-0.25, -0.2) is 4.39 Å². The van der Waals surface area contributed by atoms with Crippen LogP contribution in [0.1, 0.15) is 16.8 Å². The summed E-state index contributed by atoms with van der Waals surface area (Å²) in [6.45, 7) is 2.23. The Morgan fingerprint density at radius 3 is 2.85 bits per heavy atom. The molecule has 0 saturated carbocycles. The van der Waals surface area contributed by atoms with Crippen molar-refractivity contribution in [3.8, 4) is 0 Å². The highest BCUT2D eigenvalue weighted by molar-refractivity contribution is 5.94. The SMILES string of the molecule is Cl.O=C(NCC1CCNC1)c1ccc([N+](=O)[O-])cc1F. The number of nitrogens with zero attached hydrogens (tertiary/aromatic N) is 1. The Kier molecular flexibility index (Phi) is 5.84. The lowest BCUT2D eigenvalue weighted by Crippen LogP contribution is -2.30. The summed E-state index contributed by atoms with van der Waals surface area (Å²) in [5.41, 5.74) is -0.536. The molecule has 110 valence electrons. The average molecular weight is 304 g/mol. The Morgan fingerprint density at radius 1 is 1.55 bits per heavy atom. The summed E-state index contributed by atoms with van der Waals surface area (Å²) in [6.07, 6.45) is 0.975. The van der Waals surface area contributed by atoms with Crippen molar-refractivity contribution in [1.82, 2.24) is 10.6 Å². The third-order valence-electron chi connectivity index (χ3n) is 3.12. The van der Waals surface area contributed by atoms with Crippen molar-refractivity contribution in [2.24, 2.45) is 5.92 Å². The number of amides is 1. The van der Waals surface area contributed by atoms with Gasteiger partial charge < -0.3 is 10.6 Å². The maximum absolute atomic E-state index is 13.6. The summed E-state index contributed by atoms with van der Waals surface area (Å²) in [7, 11) is 0. The second-order valence-corrected chi connectivity index (χ2v) is 4.49. The van der Waals surface area contributed by atoms with Crippen LogP contribution in [0.25, 0.3) is 0 Å². The molecule has 1 aromatic carbocycles. The topological polar surface area (TPSA) is 84.3 Å². The number of halogens is 2. The highest BCUT2D eigenvalue weighted by atomic mass is 35.5. The van der Waals surface area contributed by atoms with E-state index in [-0.39, 0.29) is 23.7 Å². The molecule has 1 aliphatic heterocycles. The minimum absolute atomic E-state index is 0. The maximum Gasteiger partial charge on any atom is 0.272 e. The molecular formula is C12H15ClFN3O3. The minimum Gasteiger partial charge on any atom is -0.352 e. The first-order chi connectivity index (χ1) is 9.08. The third-order valence-corrected chi connectivity index (χ3v) is 3.12. The van der Waals surface area contributed by atoms with Gasteiger partial charge in [-0.05, 0) is 31.5 Å². The number of non-ortho nitro benzene ring substituents is 1. The predicted molar refractivity (Wildman–Crippen MR) is 73.6 cm³/mol. The van der Waals surface area contributed by atoms with Crippen LogP contribution in [-0.4, -0.2) is 30.5 Å². The Morgan fingerprint density at radius 2 is 2.30 bits per heavy atom. The normalized spacial score (nSPS) is 17.4. The largest absolute Gasteiger partial charge is 0.352 e. The molecule has 8 heteroatoms. The second kappa shape index (κ2) is 7.16. The molecule has 2 rings (SSSR count). The Hall–Kier alpha value is -1.73. The monoisotopic (exact) mass is 303 g/mol. The van der Waals surface area contributed by atoms with Gasteiger partial charge in [0.15, 0.2) is 0 Å². The van der Waals surface area contributed by atoms with Gasteiger partial charge in [0.2, 0.25) is 0 Å². The number of nitro benzene ring substituents is 1. The molecule has 1 aromatic rings. The molecular weight excluding hydrogens is 289 g/mol. The number of hydrogen-bond donors (Lipinski definition) is 2. The number of rotatable bonds is 4. The van der Waals surface area contributed by atoms with Crippen molar-refractivity contribution < 1.29 is 14.1 Å². The summed E-state index contributed by atoms with van der Waals surface area (Å²) in [5.74, 6) is -1.07. The molecule has 6 nitrogen and oxygen atoms in total. The number of nitrogens with one attached hydrogen (secondary N) is 2. The maximum atomic E-state index is 13.6. The molecule has 1 saturated heterocycles. The van der Waals surface area contributed by atoms with Crippen molar-refractivity contribution in [2.75, 3.05) is 19.6 Å². The van der Waals surface area contributed by atoms with E-state index in [1.165, 1.54) is 0 Å². The number of carbonyl (C=O) groups excluding carboxylic acids is 1. The first-order valence-electron chi connectivity index (χ1n) is 6.01. The van der Waals surface area contributed by atoms with E-state index in [0.717, 1.165) is 37.7 Å². The van der Waals surface area contributed by atoms with E-state index in [2.05, 4.69) is 10.6 Å². The molecule has 1 fully saturated rings. The van der Waals surface area contributed by atoms with E-state index in [9.17, 15) is 19.3 Å². The van der Waals surface area contributed by atoms with Gasteiger partial charge in [0.1, 0.15) is 5.82 Å². The van der Waals surface area contributed by atoms with Crippen molar-refractivity contribution >= 4 is 24.0 Å². The van der Waals surface area contributed by atoms with Crippen LogP contribution in [0.5, 0.6) is 0 Å². The minimum atomic E-state index is -0.878. The first kappa shape index (κ1) is 16.3. The van der Waals surface area contributed by atoms with E-state index in [1.807, 2.05) is 0 Å². The van der Waals surface area contributed by atoms with Crippen LogP contribution in [0.2, 0.25) is 0 Å². The highest BCUT2D eigenvalue weighted by Crippen LogP contribution is 2.16. The second-order valence-electron chi connectivity index (χ2n) is 4.49. The molecule has 1 amide bonds. The van der Waals surface area contributed by atoms with Crippen LogP contribution in [0.4, 0.5) is 10.1 Å². The fraction of sp³-hybridized carbons (Fsp3) is 0.417. The fourth-order valence-electron chi connectivity index (χ4n) is 2.02. The van der Waals surface area contributed by atoms with Crippen molar-refractivity contribution in [2.45, 2.75) is 6.42 Å². The molecule has 0 aliphatic carbocycles. The number of benzene rings is 1. The summed E-state index contributed by atoms with van der Waals surface area (Å²) in [5, 5.41) is 16.3. The van der Waals surface area contributed by atoms with E-state index in [4.69, 9.17) is 0 Å². The van der Waals surface area contributed by atoms with Crippen LogP contribution < -0.4 is 10.6 Å². The molecule has 1 atom stereocenters. The van der Waals surface area contributed by atoms with E-state index < -0.39 is 16.6 Å². The van der Waals surface area contributed by atoms with Gasteiger partial charge >= 0.3 is 0 Å². The summed E-state index contributed by atoms with van der Waals surface area (Å²) in [4.78, 5) is 21.5. The van der Waals surface area contributed by atoms with Crippen molar-refractivity contribution in [3.63, 3.8) is 0 Å². The standard InChI is InChI=1S/C12H14FN3O3.ClH/c13-11-5-9(16(18)19)1-2-10(11)12(17)15-7-8-3-4-14-6-8;/h1-2,5,8,14H,3-4,6-7H2,(H,15,17);1H. The summed E-state index contributed by atoms with van der Waals surface area (Å²) >= 11 is 0. The van der Waals surface area contributed by atoms with Gasteiger partial charge in [0, 0.05) is 12.6 Å². The molecule has 2 N–H and O–H groups in total. The quantitative estimate of drug-likeness (QED) is 0.652. The molecule has 1 aliphatic rings. The molecule has 0 spiro atoms. The van der Waals surface area contributed by atoms with Gasteiger partial charge in [-0.1, -0.05) is 0 Å². The van der Waals surface area contributed by atoms with Gasteiger partial charge in [0.05, 0.1) is 16.6 Å². The van der Waals surface area contributed by atoms with Gasteiger partial charge in [-0.3, -0.25) is 14.9 Å². The smallest absolute Gasteiger partial charge is 0.272 e. The molecule has 1 unspecified atom stereocenters. The zero-order chi connectivity index (χ0) is 13.8. The van der Waals surface area contributed by atoms with Crippen molar-refractivity contribution in [1.29, 1.82) is 0 Å². The van der Waals surface area contributed by atoms with Crippen LogP contribution in [0, 0.1) is 21.8 Å². The third kappa shape index (κ3) is 3.88. The lowest BCUT2D eigenvalue weighted by Gasteiger charge is -2.10. The summed E-state index contributed by atoms with van der Waals surface area (Å²) < 4.78 is 13.6. The molecule has 0 bridgehead atoms. The predicted octanol–water partition coefficient (Wildman–Crippen LogP) is 1.50. The van der Waals surface area contributed by atoms with Crippen LogP contribution in [0.15, 0.2) is 18.2 Å². The molecule has 0 aromatic heterocycles. The van der Waals surface area contributed by atoms with Crippen LogP contribution in [-0.2, 0) is 0 Å². The van der Waals surface area contributed by atoms with E-state index >= 15 is 0 Å². The summed E-state index contributed by atoms with van der Waals surface area (Å²) in [6, 6.07) is 3.01. The van der Waals surface area contributed by atoms with Gasteiger partial charge in [-0.15, -0.1) is 12.4 Å². The van der Waals surface area contributed by atoms with Crippen LogP contribution in [0.3, 0.4) is 0 Å². The fourth-order valence-corrected chi connectivity index (χ4v) is 2.02. The lowest BCUT2D eigenvalue weighted by molar-refractivity contribution is -0.385. The van der Waals surface area contributed by atoms with E-state index in [1.54, 1.807) is 0 Å². The highest BCUT2D eigenvalue weighted by Gasteiger charge is 2.19. The van der Waals surface area contributed by atoms with Gasteiger partial charge in [0.25, 0.3) is 11.6 Å². The van der Waals surface area contributed by atoms with Crippen LogP contribution >= 0.6 is 12.4 Å². The Balaban J connectivity index is 0.00000200.